The van der Waals surface area contributed by atoms with Crippen molar-refractivity contribution in [1.82, 2.24) is 4.90 Å². The van der Waals surface area contributed by atoms with E-state index in [9.17, 15) is 0 Å². The molecule has 0 spiro atoms. The third kappa shape index (κ3) is 2.95. The summed E-state index contributed by atoms with van der Waals surface area (Å²) in [4.78, 5) is 2.64. The largest absolute Gasteiger partial charge is 0.298 e. The molecule has 1 atom stereocenters. The molecule has 1 fully saturated rings. The Morgan fingerprint density at radius 1 is 1.00 bits per heavy atom. The van der Waals surface area contributed by atoms with Crippen LogP contribution in [-0.4, -0.2) is 23.5 Å². The van der Waals surface area contributed by atoms with Crippen molar-refractivity contribution in [1.29, 1.82) is 0 Å². The van der Waals surface area contributed by atoms with E-state index in [0.717, 1.165) is 0 Å². The lowest BCUT2D eigenvalue weighted by Crippen LogP contribution is -2.42. The molecule has 0 aliphatic carbocycles. The van der Waals surface area contributed by atoms with Gasteiger partial charge in [0.25, 0.3) is 0 Å². The van der Waals surface area contributed by atoms with Crippen molar-refractivity contribution in [3.63, 3.8) is 0 Å². The molecule has 1 aliphatic heterocycles. The van der Waals surface area contributed by atoms with Crippen LogP contribution in [0.1, 0.15) is 52.5 Å². The highest BCUT2D eigenvalue weighted by atomic mass is 15.2. The van der Waals surface area contributed by atoms with Crippen LogP contribution in [0.25, 0.3) is 0 Å². The van der Waals surface area contributed by atoms with E-state index in [1.807, 2.05) is 0 Å². The molecule has 100 valence electrons. The lowest BCUT2D eigenvalue weighted by atomic mass is 9.76. The highest BCUT2D eigenvalue weighted by Crippen LogP contribution is 2.36. The van der Waals surface area contributed by atoms with Crippen LogP contribution in [0.4, 0.5) is 0 Å². The van der Waals surface area contributed by atoms with Gasteiger partial charge in [0.1, 0.15) is 0 Å². The minimum Gasteiger partial charge on any atom is -0.298 e. The van der Waals surface area contributed by atoms with Crippen molar-refractivity contribution >= 4 is 0 Å². The van der Waals surface area contributed by atoms with Gasteiger partial charge in [0.15, 0.2) is 0 Å². The SMILES string of the molecule is CC1(c2ccccc2)CCCN(C(C)(C)C)CC1. The maximum atomic E-state index is 2.64. The Bertz CT molecular complexity index is 376. The quantitative estimate of drug-likeness (QED) is 0.715. The Kier molecular flexibility index (Phi) is 3.82. The number of nitrogens with zero attached hydrogens (tertiary/aromatic N) is 1. The van der Waals surface area contributed by atoms with Gasteiger partial charge < -0.3 is 0 Å². The summed E-state index contributed by atoms with van der Waals surface area (Å²) in [7, 11) is 0. The highest BCUT2D eigenvalue weighted by Gasteiger charge is 2.32. The predicted molar refractivity (Wildman–Crippen MR) is 79.0 cm³/mol. The van der Waals surface area contributed by atoms with Crippen LogP contribution in [0.15, 0.2) is 30.3 Å². The van der Waals surface area contributed by atoms with Crippen molar-refractivity contribution < 1.29 is 0 Å². The molecule has 0 amide bonds. The fourth-order valence-corrected chi connectivity index (χ4v) is 3.08. The van der Waals surface area contributed by atoms with E-state index in [1.54, 1.807) is 0 Å². The van der Waals surface area contributed by atoms with E-state index in [2.05, 4.69) is 62.9 Å². The summed E-state index contributed by atoms with van der Waals surface area (Å²) < 4.78 is 0. The monoisotopic (exact) mass is 245 g/mol. The lowest BCUT2D eigenvalue weighted by molar-refractivity contribution is 0.140. The maximum Gasteiger partial charge on any atom is 0.0125 e. The number of rotatable bonds is 1. The molecule has 1 aromatic carbocycles. The van der Waals surface area contributed by atoms with Gasteiger partial charge in [-0.05, 0) is 64.1 Å². The molecule has 0 bridgehead atoms. The van der Waals surface area contributed by atoms with E-state index in [-0.39, 0.29) is 0 Å². The Balaban J connectivity index is 2.14. The first-order valence-electron chi connectivity index (χ1n) is 7.22. The molecule has 1 saturated heterocycles. The Labute approximate surface area is 112 Å². The Morgan fingerprint density at radius 2 is 1.67 bits per heavy atom. The van der Waals surface area contributed by atoms with Crippen LogP contribution in [0.5, 0.6) is 0 Å². The van der Waals surface area contributed by atoms with Crippen LogP contribution in [0.3, 0.4) is 0 Å². The van der Waals surface area contributed by atoms with Crippen LogP contribution in [0, 0.1) is 0 Å². The molecule has 1 nitrogen and oxygen atoms in total. The molecule has 0 radical (unpaired) electrons. The molecule has 1 heteroatoms. The number of hydrogen-bond acceptors (Lipinski definition) is 1. The summed E-state index contributed by atoms with van der Waals surface area (Å²) in [6.07, 6.45) is 3.89. The third-order valence-electron chi connectivity index (χ3n) is 4.51. The fourth-order valence-electron chi connectivity index (χ4n) is 3.08. The van der Waals surface area contributed by atoms with Gasteiger partial charge >= 0.3 is 0 Å². The summed E-state index contributed by atoms with van der Waals surface area (Å²) in [5.41, 5.74) is 2.18. The van der Waals surface area contributed by atoms with Crippen LogP contribution in [0.2, 0.25) is 0 Å². The van der Waals surface area contributed by atoms with E-state index in [1.165, 1.54) is 37.9 Å². The topological polar surface area (TPSA) is 3.24 Å². The summed E-state index contributed by atoms with van der Waals surface area (Å²) >= 11 is 0. The van der Waals surface area contributed by atoms with E-state index < -0.39 is 0 Å². The molecule has 2 rings (SSSR count). The second kappa shape index (κ2) is 5.05. The zero-order valence-electron chi connectivity index (χ0n) is 12.4. The van der Waals surface area contributed by atoms with Gasteiger partial charge in [0, 0.05) is 5.54 Å². The highest BCUT2D eigenvalue weighted by molar-refractivity contribution is 5.24. The first kappa shape index (κ1) is 13.6. The molecule has 1 heterocycles. The lowest BCUT2D eigenvalue weighted by Gasteiger charge is -2.35. The normalized spacial score (nSPS) is 26.9. The molecule has 0 N–H and O–H groups in total. The summed E-state index contributed by atoms with van der Waals surface area (Å²) in [5, 5.41) is 0. The zero-order valence-corrected chi connectivity index (χ0v) is 12.4. The predicted octanol–water partition coefficient (Wildman–Crippen LogP) is 4.23. The third-order valence-corrected chi connectivity index (χ3v) is 4.51. The fraction of sp³-hybridized carbons (Fsp3) is 0.647. The minimum absolute atomic E-state index is 0.307. The van der Waals surface area contributed by atoms with Crippen molar-refractivity contribution in [2.45, 2.75) is 57.9 Å². The standard InChI is InChI=1S/C17H27N/c1-16(2,3)18-13-8-11-17(4,12-14-18)15-9-6-5-7-10-15/h5-7,9-10H,8,11-14H2,1-4H3. The van der Waals surface area contributed by atoms with Crippen LogP contribution in [-0.2, 0) is 5.41 Å². The molecule has 1 aromatic rings. The van der Waals surface area contributed by atoms with Gasteiger partial charge in [-0.2, -0.15) is 0 Å². The zero-order chi connectivity index (χ0) is 13.2. The molecular weight excluding hydrogens is 218 g/mol. The van der Waals surface area contributed by atoms with Gasteiger partial charge in [-0.1, -0.05) is 37.3 Å². The molecular formula is C17H27N. The smallest absolute Gasteiger partial charge is 0.0125 e. The second-order valence-electron chi connectivity index (χ2n) is 6.94. The summed E-state index contributed by atoms with van der Waals surface area (Å²) in [6.45, 7) is 11.9. The van der Waals surface area contributed by atoms with Gasteiger partial charge in [-0.15, -0.1) is 0 Å². The number of benzene rings is 1. The van der Waals surface area contributed by atoms with Crippen LogP contribution < -0.4 is 0 Å². The molecule has 1 unspecified atom stereocenters. The van der Waals surface area contributed by atoms with E-state index in [0.29, 0.717) is 11.0 Å². The second-order valence-corrected chi connectivity index (χ2v) is 6.94. The first-order valence-corrected chi connectivity index (χ1v) is 7.22. The van der Waals surface area contributed by atoms with E-state index >= 15 is 0 Å². The Morgan fingerprint density at radius 3 is 2.28 bits per heavy atom. The summed E-state index contributed by atoms with van der Waals surface area (Å²) in [5.74, 6) is 0. The van der Waals surface area contributed by atoms with Crippen molar-refractivity contribution in [2.75, 3.05) is 13.1 Å². The number of likely N-dealkylation sites (tertiary alicyclic amines) is 1. The molecule has 0 aromatic heterocycles. The molecule has 1 aliphatic rings. The first-order chi connectivity index (χ1) is 8.42. The maximum absolute atomic E-state index is 2.64. The summed E-state index contributed by atoms with van der Waals surface area (Å²) in [6, 6.07) is 11.1. The average molecular weight is 245 g/mol. The van der Waals surface area contributed by atoms with Crippen molar-refractivity contribution in [3.05, 3.63) is 35.9 Å². The van der Waals surface area contributed by atoms with E-state index in [4.69, 9.17) is 0 Å². The van der Waals surface area contributed by atoms with Gasteiger partial charge in [-0.25, -0.2) is 0 Å². The minimum atomic E-state index is 0.307. The van der Waals surface area contributed by atoms with Crippen LogP contribution >= 0.6 is 0 Å². The molecule has 0 saturated carbocycles. The molecule has 18 heavy (non-hydrogen) atoms. The number of hydrogen-bond donors (Lipinski definition) is 0. The average Bonchev–Trinajstić information content (AvgIpc) is 2.53. The van der Waals surface area contributed by atoms with Gasteiger partial charge in [0.2, 0.25) is 0 Å². The van der Waals surface area contributed by atoms with Gasteiger partial charge in [0.05, 0.1) is 0 Å². The van der Waals surface area contributed by atoms with Gasteiger partial charge in [-0.3, -0.25) is 4.90 Å². The van der Waals surface area contributed by atoms with Crippen molar-refractivity contribution in [3.8, 4) is 0 Å². The van der Waals surface area contributed by atoms with Crippen molar-refractivity contribution in [2.24, 2.45) is 0 Å². The Hall–Kier alpha value is -0.820.